The molecular formula is C20H20ClN3O3S. The van der Waals surface area contributed by atoms with Crippen molar-refractivity contribution in [2.24, 2.45) is 0 Å². The SMILES string of the molecule is C[C@H](OC(=O)c1csc(-c2cccc(Cl)c2)n1)C(=O)NC1(C#N)CCCCC1. The third-order valence-corrected chi connectivity index (χ3v) is 5.85. The molecular weight excluding hydrogens is 398 g/mol. The molecule has 0 unspecified atom stereocenters. The number of thiazole rings is 1. The molecule has 1 amide bonds. The van der Waals surface area contributed by atoms with Crippen LogP contribution < -0.4 is 5.32 Å². The molecule has 0 spiro atoms. The van der Waals surface area contributed by atoms with Crippen LogP contribution in [0.1, 0.15) is 49.5 Å². The Morgan fingerprint density at radius 3 is 2.79 bits per heavy atom. The van der Waals surface area contributed by atoms with Crippen molar-refractivity contribution in [3.8, 4) is 16.6 Å². The van der Waals surface area contributed by atoms with Crippen molar-refractivity contribution < 1.29 is 14.3 Å². The highest BCUT2D eigenvalue weighted by molar-refractivity contribution is 7.13. The van der Waals surface area contributed by atoms with Crippen LogP contribution in [0.4, 0.5) is 0 Å². The number of nitrogens with one attached hydrogen (secondary N) is 1. The van der Waals surface area contributed by atoms with Gasteiger partial charge in [0.15, 0.2) is 11.8 Å². The number of amides is 1. The molecule has 1 aliphatic carbocycles. The molecule has 1 fully saturated rings. The number of ether oxygens (including phenoxy) is 1. The molecule has 6 nitrogen and oxygen atoms in total. The maximum atomic E-state index is 12.4. The summed E-state index contributed by atoms with van der Waals surface area (Å²) in [6, 6.07) is 9.39. The van der Waals surface area contributed by atoms with Gasteiger partial charge in [-0.25, -0.2) is 9.78 Å². The Balaban J connectivity index is 1.63. The van der Waals surface area contributed by atoms with Crippen molar-refractivity contribution in [1.82, 2.24) is 10.3 Å². The van der Waals surface area contributed by atoms with Crippen molar-refractivity contribution >= 4 is 34.8 Å². The van der Waals surface area contributed by atoms with Crippen molar-refractivity contribution in [3.63, 3.8) is 0 Å². The topological polar surface area (TPSA) is 92.1 Å². The summed E-state index contributed by atoms with van der Waals surface area (Å²) in [6.07, 6.45) is 3.06. The lowest BCUT2D eigenvalue weighted by Crippen LogP contribution is -2.52. The highest BCUT2D eigenvalue weighted by atomic mass is 35.5. The number of nitrogens with zero attached hydrogens (tertiary/aromatic N) is 2. The minimum atomic E-state index is -1.02. The van der Waals surface area contributed by atoms with E-state index in [4.69, 9.17) is 16.3 Å². The second-order valence-corrected chi connectivity index (χ2v) is 8.13. The Labute approximate surface area is 172 Å². The summed E-state index contributed by atoms with van der Waals surface area (Å²) in [5, 5.41) is 15.0. The Kier molecular flexibility index (Phi) is 6.32. The average molecular weight is 418 g/mol. The molecule has 2 aromatic rings. The first-order valence-corrected chi connectivity index (χ1v) is 10.3. The molecule has 0 bridgehead atoms. The van der Waals surface area contributed by atoms with Crippen LogP contribution in [0.3, 0.4) is 0 Å². The number of carbonyl (C=O) groups excluding carboxylic acids is 2. The fourth-order valence-corrected chi connectivity index (χ4v) is 4.13. The van der Waals surface area contributed by atoms with E-state index < -0.39 is 23.5 Å². The monoisotopic (exact) mass is 417 g/mol. The molecule has 3 rings (SSSR count). The summed E-state index contributed by atoms with van der Waals surface area (Å²) in [6.45, 7) is 1.49. The predicted molar refractivity (Wildman–Crippen MR) is 107 cm³/mol. The molecule has 8 heteroatoms. The first-order valence-electron chi connectivity index (χ1n) is 9.08. The van der Waals surface area contributed by atoms with Crippen molar-refractivity contribution in [2.75, 3.05) is 0 Å². The van der Waals surface area contributed by atoms with Gasteiger partial charge in [0.25, 0.3) is 5.91 Å². The first kappa shape index (κ1) is 20.3. The molecule has 1 atom stereocenters. The largest absolute Gasteiger partial charge is 0.448 e. The van der Waals surface area contributed by atoms with Crippen LogP contribution in [-0.4, -0.2) is 28.5 Å². The van der Waals surface area contributed by atoms with E-state index in [2.05, 4.69) is 16.4 Å². The third-order valence-electron chi connectivity index (χ3n) is 4.72. The fourth-order valence-electron chi connectivity index (χ4n) is 3.15. The van der Waals surface area contributed by atoms with Crippen LogP contribution >= 0.6 is 22.9 Å². The van der Waals surface area contributed by atoms with Crippen LogP contribution in [0.25, 0.3) is 10.6 Å². The van der Waals surface area contributed by atoms with Crippen molar-refractivity contribution in [2.45, 2.75) is 50.7 Å². The summed E-state index contributed by atoms with van der Waals surface area (Å²) in [4.78, 5) is 29.1. The number of hydrogen-bond donors (Lipinski definition) is 1. The molecule has 1 aromatic carbocycles. The van der Waals surface area contributed by atoms with Gasteiger partial charge >= 0.3 is 5.97 Å². The number of rotatable bonds is 5. The molecule has 1 aliphatic rings. The third kappa shape index (κ3) is 4.70. The van der Waals surface area contributed by atoms with Gasteiger partial charge in [-0.3, -0.25) is 4.79 Å². The van der Waals surface area contributed by atoms with Crippen LogP contribution in [0.2, 0.25) is 5.02 Å². The van der Waals surface area contributed by atoms with E-state index in [1.54, 1.807) is 23.6 Å². The van der Waals surface area contributed by atoms with Gasteiger partial charge in [0.1, 0.15) is 10.5 Å². The number of aromatic nitrogens is 1. The Bertz CT molecular complexity index is 915. The number of esters is 1. The lowest BCUT2D eigenvalue weighted by molar-refractivity contribution is -0.130. The quantitative estimate of drug-likeness (QED) is 0.730. The zero-order chi connectivity index (χ0) is 20.1. The number of benzene rings is 1. The second-order valence-electron chi connectivity index (χ2n) is 6.84. The summed E-state index contributed by atoms with van der Waals surface area (Å²) in [5.41, 5.74) is 0.0685. The number of hydrogen-bond acceptors (Lipinski definition) is 6. The molecule has 0 saturated heterocycles. The summed E-state index contributed by atoms with van der Waals surface area (Å²) in [5.74, 6) is -1.15. The lowest BCUT2D eigenvalue weighted by Gasteiger charge is -2.32. The van der Waals surface area contributed by atoms with E-state index >= 15 is 0 Å². The molecule has 1 aromatic heterocycles. The maximum absolute atomic E-state index is 12.4. The van der Waals surface area contributed by atoms with Crippen LogP contribution in [0, 0.1) is 11.3 Å². The summed E-state index contributed by atoms with van der Waals surface area (Å²) < 4.78 is 5.26. The highest BCUT2D eigenvalue weighted by Gasteiger charge is 2.35. The summed E-state index contributed by atoms with van der Waals surface area (Å²) in [7, 11) is 0. The number of halogens is 1. The number of nitriles is 1. The maximum Gasteiger partial charge on any atom is 0.358 e. The minimum Gasteiger partial charge on any atom is -0.448 e. The Morgan fingerprint density at radius 2 is 2.11 bits per heavy atom. The van der Waals surface area contributed by atoms with Gasteiger partial charge in [-0.1, -0.05) is 43.0 Å². The molecule has 1 heterocycles. The van der Waals surface area contributed by atoms with Gasteiger partial charge in [0.05, 0.1) is 6.07 Å². The van der Waals surface area contributed by atoms with Crippen LogP contribution in [0.15, 0.2) is 29.6 Å². The van der Waals surface area contributed by atoms with Crippen molar-refractivity contribution in [1.29, 1.82) is 5.26 Å². The molecule has 1 saturated carbocycles. The van der Waals surface area contributed by atoms with Gasteiger partial charge in [0.2, 0.25) is 0 Å². The molecule has 28 heavy (non-hydrogen) atoms. The van der Waals surface area contributed by atoms with E-state index in [9.17, 15) is 14.9 Å². The van der Waals surface area contributed by atoms with E-state index in [0.717, 1.165) is 24.8 Å². The number of carbonyl (C=O) groups is 2. The van der Waals surface area contributed by atoms with E-state index in [1.165, 1.54) is 18.3 Å². The van der Waals surface area contributed by atoms with Crippen molar-refractivity contribution in [3.05, 3.63) is 40.4 Å². The zero-order valence-electron chi connectivity index (χ0n) is 15.4. The van der Waals surface area contributed by atoms with Gasteiger partial charge in [-0.05, 0) is 31.9 Å². The average Bonchev–Trinajstić information content (AvgIpc) is 3.19. The van der Waals surface area contributed by atoms with E-state index in [-0.39, 0.29) is 5.69 Å². The second kappa shape index (κ2) is 8.72. The predicted octanol–water partition coefficient (Wildman–Crippen LogP) is 4.35. The van der Waals surface area contributed by atoms with Gasteiger partial charge < -0.3 is 10.1 Å². The smallest absolute Gasteiger partial charge is 0.358 e. The first-order chi connectivity index (χ1) is 13.4. The normalized spacial score (nSPS) is 16.6. The van der Waals surface area contributed by atoms with E-state index in [1.807, 2.05) is 6.07 Å². The molecule has 0 radical (unpaired) electrons. The Hall–Kier alpha value is -2.43. The van der Waals surface area contributed by atoms with Crippen LogP contribution in [-0.2, 0) is 9.53 Å². The fraction of sp³-hybridized carbons (Fsp3) is 0.400. The Morgan fingerprint density at radius 1 is 1.36 bits per heavy atom. The summed E-state index contributed by atoms with van der Waals surface area (Å²) >= 11 is 7.28. The van der Waals surface area contributed by atoms with Gasteiger partial charge in [-0.2, -0.15) is 5.26 Å². The lowest BCUT2D eigenvalue weighted by atomic mass is 9.83. The zero-order valence-corrected chi connectivity index (χ0v) is 17.0. The molecule has 146 valence electrons. The molecule has 0 aliphatic heterocycles. The van der Waals surface area contributed by atoms with Gasteiger partial charge in [0, 0.05) is 16.0 Å². The van der Waals surface area contributed by atoms with Gasteiger partial charge in [-0.15, -0.1) is 11.3 Å². The van der Waals surface area contributed by atoms with E-state index in [0.29, 0.717) is 22.9 Å². The standard InChI is InChI=1S/C20H20ClN3O3S/c1-13(17(25)24-20(12-22)8-3-2-4-9-20)27-19(26)16-11-28-18(23-16)14-6-5-7-15(21)10-14/h5-7,10-11,13H,2-4,8-9H2,1H3,(H,24,25)/t13-/m0/s1. The highest BCUT2D eigenvalue weighted by Crippen LogP contribution is 2.28. The minimum absolute atomic E-state index is 0.132. The van der Waals surface area contributed by atoms with Crippen LogP contribution in [0.5, 0.6) is 0 Å². The molecule has 1 N–H and O–H groups in total.